The van der Waals surface area contributed by atoms with Crippen molar-refractivity contribution in [1.29, 1.82) is 0 Å². The molecular weight excluding hydrogens is 288 g/mol. The van der Waals surface area contributed by atoms with Crippen molar-refractivity contribution in [1.82, 2.24) is 10.5 Å². The van der Waals surface area contributed by atoms with Crippen LogP contribution in [0, 0.1) is 6.92 Å². The van der Waals surface area contributed by atoms with Crippen molar-refractivity contribution in [2.75, 3.05) is 0 Å². The van der Waals surface area contributed by atoms with Crippen LogP contribution in [-0.2, 0) is 0 Å². The van der Waals surface area contributed by atoms with Gasteiger partial charge in [-0.25, -0.2) is 0 Å². The molecule has 0 aliphatic heterocycles. The smallest absolute Gasteiger partial charge is 0.257 e. The van der Waals surface area contributed by atoms with Gasteiger partial charge in [0.1, 0.15) is 17.0 Å². The Morgan fingerprint density at radius 1 is 1.22 bits per heavy atom. The lowest BCUT2D eigenvalue weighted by Gasteiger charge is -2.13. The van der Waals surface area contributed by atoms with Crippen molar-refractivity contribution >= 4 is 5.91 Å². The van der Waals surface area contributed by atoms with Crippen LogP contribution in [0.15, 0.2) is 34.9 Å². The number of nitrogens with zero attached hydrogens (tertiary/aromatic N) is 1. The number of carbonyl (C=O) groups excluding carboxylic acids is 1. The third-order valence-electron chi connectivity index (χ3n) is 4.01. The lowest BCUT2D eigenvalue weighted by atomic mass is 10.0. The van der Waals surface area contributed by atoms with Crippen LogP contribution in [0.25, 0.3) is 11.3 Å². The standard InChI is InChI=1S/C19H26N2O2/c1-4-5-6-8-11-14(2)20-19(22)17-15(3)23-21-18(17)16-12-9-7-10-13-16/h7,9-10,12-14H,4-6,8,11H2,1-3H3,(H,20,22)/t14-/m1/s1. The molecule has 1 amide bonds. The maximum Gasteiger partial charge on any atom is 0.257 e. The van der Waals surface area contributed by atoms with Crippen LogP contribution < -0.4 is 5.32 Å². The zero-order valence-corrected chi connectivity index (χ0v) is 14.3. The van der Waals surface area contributed by atoms with Gasteiger partial charge in [-0.15, -0.1) is 0 Å². The van der Waals surface area contributed by atoms with Crippen LogP contribution in [0.5, 0.6) is 0 Å². The second kappa shape index (κ2) is 8.51. The third kappa shape index (κ3) is 4.68. The molecule has 0 aliphatic carbocycles. The fourth-order valence-corrected chi connectivity index (χ4v) is 2.68. The van der Waals surface area contributed by atoms with E-state index < -0.39 is 0 Å². The minimum atomic E-state index is -0.106. The Labute approximate surface area is 138 Å². The molecule has 1 aromatic carbocycles. The molecule has 4 nitrogen and oxygen atoms in total. The Balaban J connectivity index is 2.04. The predicted molar refractivity (Wildman–Crippen MR) is 92.4 cm³/mol. The highest BCUT2D eigenvalue weighted by Gasteiger charge is 2.22. The average Bonchev–Trinajstić information content (AvgIpc) is 2.94. The van der Waals surface area contributed by atoms with Gasteiger partial charge in [0.25, 0.3) is 5.91 Å². The topological polar surface area (TPSA) is 55.1 Å². The van der Waals surface area contributed by atoms with Crippen molar-refractivity contribution < 1.29 is 9.32 Å². The van der Waals surface area contributed by atoms with Gasteiger partial charge >= 0.3 is 0 Å². The number of aromatic nitrogens is 1. The van der Waals surface area contributed by atoms with E-state index in [4.69, 9.17) is 4.52 Å². The Kier molecular flexibility index (Phi) is 6.39. The summed E-state index contributed by atoms with van der Waals surface area (Å²) in [6.07, 6.45) is 5.84. The van der Waals surface area contributed by atoms with Gasteiger partial charge in [0, 0.05) is 11.6 Å². The number of nitrogens with one attached hydrogen (secondary N) is 1. The van der Waals surface area contributed by atoms with E-state index in [0.29, 0.717) is 17.0 Å². The number of carbonyl (C=O) groups is 1. The third-order valence-corrected chi connectivity index (χ3v) is 4.01. The fraction of sp³-hybridized carbons (Fsp3) is 0.474. The molecule has 124 valence electrons. The summed E-state index contributed by atoms with van der Waals surface area (Å²) >= 11 is 0. The summed E-state index contributed by atoms with van der Waals surface area (Å²) in [5, 5.41) is 7.14. The largest absolute Gasteiger partial charge is 0.360 e. The van der Waals surface area contributed by atoms with Crippen LogP contribution >= 0.6 is 0 Å². The molecule has 23 heavy (non-hydrogen) atoms. The zero-order valence-electron chi connectivity index (χ0n) is 14.3. The molecule has 1 heterocycles. The SMILES string of the molecule is CCCCCC[C@@H](C)NC(=O)c1c(-c2ccccc2)noc1C. The highest BCUT2D eigenvalue weighted by Crippen LogP contribution is 2.25. The molecule has 1 N–H and O–H groups in total. The van der Waals surface area contributed by atoms with E-state index in [1.807, 2.05) is 30.3 Å². The second-order valence-corrected chi connectivity index (χ2v) is 6.05. The summed E-state index contributed by atoms with van der Waals surface area (Å²) in [6.45, 7) is 6.03. The Bertz CT molecular complexity index is 620. The molecule has 0 radical (unpaired) electrons. The van der Waals surface area contributed by atoms with Gasteiger partial charge in [0.2, 0.25) is 0 Å². The van der Waals surface area contributed by atoms with Crippen molar-refractivity contribution in [2.24, 2.45) is 0 Å². The van der Waals surface area contributed by atoms with E-state index in [2.05, 4.69) is 24.3 Å². The first-order valence-corrected chi connectivity index (χ1v) is 8.46. The number of amides is 1. The molecule has 0 bridgehead atoms. The number of unbranched alkanes of at least 4 members (excludes halogenated alkanes) is 3. The summed E-state index contributed by atoms with van der Waals surface area (Å²) in [4.78, 5) is 12.6. The van der Waals surface area contributed by atoms with Gasteiger partial charge in [0.15, 0.2) is 0 Å². The molecule has 4 heteroatoms. The maximum absolute atomic E-state index is 12.6. The summed E-state index contributed by atoms with van der Waals surface area (Å²) in [7, 11) is 0. The van der Waals surface area contributed by atoms with E-state index in [-0.39, 0.29) is 11.9 Å². The molecule has 2 aromatic rings. The Morgan fingerprint density at radius 3 is 2.65 bits per heavy atom. The quantitative estimate of drug-likeness (QED) is 0.716. The first-order valence-electron chi connectivity index (χ1n) is 8.46. The van der Waals surface area contributed by atoms with Gasteiger partial charge < -0.3 is 9.84 Å². The summed E-state index contributed by atoms with van der Waals surface area (Å²) in [5.74, 6) is 0.449. The average molecular weight is 314 g/mol. The van der Waals surface area contributed by atoms with Crippen LogP contribution in [0.1, 0.15) is 62.1 Å². The predicted octanol–water partition coefficient (Wildman–Crippen LogP) is 4.74. The van der Waals surface area contributed by atoms with Crippen LogP contribution in [0.4, 0.5) is 0 Å². The monoisotopic (exact) mass is 314 g/mol. The molecule has 0 fully saturated rings. The molecule has 1 atom stereocenters. The lowest BCUT2D eigenvalue weighted by Crippen LogP contribution is -2.33. The van der Waals surface area contributed by atoms with Gasteiger partial charge in [-0.1, -0.05) is 68.1 Å². The number of hydrogen-bond donors (Lipinski definition) is 1. The van der Waals surface area contributed by atoms with Gasteiger partial charge in [-0.2, -0.15) is 0 Å². The van der Waals surface area contributed by atoms with E-state index >= 15 is 0 Å². The lowest BCUT2D eigenvalue weighted by molar-refractivity contribution is 0.0937. The molecule has 1 aromatic heterocycles. The molecule has 0 saturated carbocycles. The normalized spacial score (nSPS) is 12.1. The number of rotatable bonds is 8. The molecule has 0 spiro atoms. The highest BCUT2D eigenvalue weighted by atomic mass is 16.5. The van der Waals surface area contributed by atoms with E-state index in [1.54, 1.807) is 6.92 Å². The van der Waals surface area contributed by atoms with Crippen molar-refractivity contribution in [3.8, 4) is 11.3 Å². The van der Waals surface area contributed by atoms with Crippen LogP contribution in [-0.4, -0.2) is 17.1 Å². The maximum atomic E-state index is 12.6. The zero-order chi connectivity index (χ0) is 16.7. The molecular formula is C19H26N2O2. The minimum Gasteiger partial charge on any atom is -0.360 e. The van der Waals surface area contributed by atoms with Crippen LogP contribution in [0.2, 0.25) is 0 Å². The van der Waals surface area contributed by atoms with Gasteiger partial charge in [-0.05, 0) is 20.3 Å². The summed E-state index contributed by atoms with van der Waals surface area (Å²) < 4.78 is 5.26. The number of hydrogen-bond acceptors (Lipinski definition) is 3. The summed E-state index contributed by atoms with van der Waals surface area (Å²) in [5.41, 5.74) is 2.04. The van der Waals surface area contributed by atoms with Crippen molar-refractivity contribution in [3.05, 3.63) is 41.7 Å². The minimum absolute atomic E-state index is 0.106. The molecule has 0 aliphatic rings. The number of benzene rings is 1. The second-order valence-electron chi connectivity index (χ2n) is 6.05. The highest BCUT2D eigenvalue weighted by molar-refractivity contribution is 6.00. The Morgan fingerprint density at radius 2 is 1.96 bits per heavy atom. The van der Waals surface area contributed by atoms with Crippen LogP contribution in [0.3, 0.4) is 0 Å². The first-order chi connectivity index (χ1) is 11.1. The van der Waals surface area contributed by atoms with E-state index in [1.165, 1.54) is 19.3 Å². The molecule has 0 saturated heterocycles. The summed E-state index contributed by atoms with van der Waals surface area (Å²) in [6, 6.07) is 9.81. The van der Waals surface area contributed by atoms with Crippen molar-refractivity contribution in [2.45, 2.75) is 58.9 Å². The van der Waals surface area contributed by atoms with Gasteiger partial charge in [-0.3, -0.25) is 4.79 Å². The fourth-order valence-electron chi connectivity index (χ4n) is 2.68. The number of aryl methyl sites for hydroxylation is 1. The van der Waals surface area contributed by atoms with Gasteiger partial charge in [0.05, 0.1) is 0 Å². The Hall–Kier alpha value is -2.10. The van der Waals surface area contributed by atoms with E-state index in [0.717, 1.165) is 18.4 Å². The van der Waals surface area contributed by atoms with Crippen molar-refractivity contribution in [3.63, 3.8) is 0 Å². The molecule has 2 rings (SSSR count). The molecule has 0 unspecified atom stereocenters. The van der Waals surface area contributed by atoms with E-state index in [9.17, 15) is 4.79 Å². The first kappa shape index (κ1) is 17.3.